The SMILES string of the molecule is COCC(C)OC(=O)Cc1ccc(OC)cc1OCc1cc(-c2cccc(CN)c2F)c2occc2c1. The van der Waals surface area contributed by atoms with E-state index >= 15 is 4.39 Å². The average Bonchev–Trinajstić information content (AvgIpc) is 3.36. The Hall–Kier alpha value is -3.88. The van der Waals surface area contributed by atoms with Gasteiger partial charge in [-0.3, -0.25) is 4.79 Å². The Morgan fingerprint density at radius 1 is 1.05 bits per heavy atom. The zero-order valence-corrected chi connectivity index (χ0v) is 21.1. The molecule has 2 N–H and O–H groups in total. The van der Waals surface area contributed by atoms with Crippen LogP contribution < -0.4 is 15.2 Å². The number of fused-ring (bicyclic) bond motifs is 1. The Balaban J connectivity index is 1.61. The van der Waals surface area contributed by atoms with E-state index in [1.54, 1.807) is 63.8 Å². The average molecular weight is 508 g/mol. The van der Waals surface area contributed by atoms with Crippen LogP contribution in [0.5, 0.6) is 11.5 Å². The number of furan rings is 1. The van der Waals surface area contributed by atoms with Crippen molar-refractivity contribution >= 4 is 16.9 Å². The lowest BCUT2D eigenvalue weighted by Gasteiger charge is -2.16. The van der Waals surface area contributed by atoms with Crippen molar-refractivity contribution in [3.8, 4) is 22.6 Å². The summed E-state index contributed by atoms with van der Waals surface area (Å²) < 4.78 is 42.8. The number of nitrogens with two attached hydrogens (primary N) is 1. The number of rotatable bonds is 11. The van der Waals surface area contributed by atoms with E-state index < -0.39 is 5.97 Å². The molecule has 4 rings (SSSR count). The molecule has 0 radical (unpaired) electrons. The van der Waals surface area contributed by atoms with Gasteiger partial charge in [-0.1, -0.05) is 24.3 Å². The van der Waals surface area contributed by atoms with Gasteiger partial charge in [0.05, 0.1) is 26.4 Å². The van der Waals surface area contributed by atoms with Crippen molar-refractivity contribution in [1.29, 1.82) is 0 Å². The topological polar surface area (TPSA) is 93.2 Å². The Bertz CT molecular complexity index is 1380. The lowest BCUT2D eigenvalue weighted by atomic mass is 9.98. The van der Waals surface area contributed by atoms with E-state index in [4.69, 9.17) is 29.1 Å². The fourth-order valence-corrected chi connectivity index (χ4v) is 4.17. The number of benzene rings is 3. The number of halogens is 1. The molecule has 0 aliphatic carbocycles. The maximum Gasteiger partial charge on any atom is 0.310 e. The van der Waals surface area contributed by atoms with Gasteiger partial charge < -0.3 is 29.1 Å². The van der Waals surface area contributed by atoms with Crippen LogP contribution in [0.2, 0.25) is 0 Å². The molecule has 1 heterocycles. The van der Waals surface area contributed by atoms with Crippen LogP contribution in [0.25, 0.3) is 22.1 Å². The van der Waals surface area contributed by atoms with Crippen LogP contribution in [0.3, 0.4) is 0 Å². The molecule has 37 heavy (non-hydrogen) atoms. The third-order valence-electron chi connectivity index (χ3n) is 5.94. The molecular formula is C29H30FNO6. The molecule has 0 spiro atoms. The summed E-state index contributed by atoms with van der Waals surface area (Å²) in [5.41, 5.74) is 9.17. The zero-order valence-electron chi connectivity index (χ0n) is 21.1. The Labute approximate surface area is 214 Å². The predicted octanol–water partition coefficient (Wildman–Crippen LogP) is 5.41. The molecular weight excluding hydrogens is 477 g/mol. The summed E-state index contributed by atoms with van der Waals surface area (Å²) in [4.78, 5) is 12.5. The third-order valence-corrected chi connectivity index (χ3v) is 5.94. The fraction of sp³-hybridized carbons (Fsp3) is 0.276. The molecule has 0 amide bonds. The summed E-state index contributed by atoms with van der Waals surface area (Å²) in [6.45, 7) is 2.34. The molecule has 0 aliphatic heterocycles. The highest BCUT2D eigenvalue weighted by Crippen LogP contribution is 2.34. The molecule has 3 aromatic carbocycles. The molecule has 0 bridgehead atoms. The maximum absolute atomic E-state index is 15.2. The fourth-order valence-electron chi connectivity index (χ4n) is 4.17. The van der Waals surface area contributed by atoms with Crippen LogP contribution in [0.4, 0.5) is 4.39 Å². The van der Waals surface area contributed by atoms with Gasteiger partial charge >= 0.3 is 5.97 Å². The Kier molecular flexibility index (Phi) is 8.43. The normalized spacial score (nSPS) is 11.9. The van der Waals surface area contributed by atoms with Crippen LogP contribution in [0.15, 0.2) is 65.3 Å². The molecule has 0 saturated heterocycles. The summed E-state index contributed by atoms with van der Waals surface area (Å²) in [5, 5.41) is 0.815. The number of hydrogen-bond acceptors (Lipinski definition) is 7. The second-order valence-corrected chi connectivity index (χ2v) is 8.66. The zero-order chi connectivity index (χ0) is 26.4. The van der Waals surface area contributed by atoms with Crippen LogP contribution in [0, 0.1) is 5.82 Å². The molecule has 1 atom stereocenters. The summed E-state index contributed by atoms with van der Waals surface area (Å²) >= 11 is 0. The molecule has 8 heteroatoms. The van der Waals surface area contributed by atoms with Crippen molar-refractivity contribution in [3.05, 3.63) is 83.4 Å². The van der Waals surface area contributed by atoms with Crippen LogP contribution in [-0.2, 0) is 33.8 Å². The van der Waals surface area contributed by atoms with Crippen molar-refractivity contribution in [2.75, 3.05) is 20.8 Å². The maximum atomic E-state index is 15.2. The predicted molar refractivity (Wildman–Crippen MR) is 138 cm³/mol. The van der Waals surface area contributed by atoms with Crippen LogP contribution in [0.1, 0.15) is 23.6 Å². The smallest absolute Gasteiger partial charge is 0.310 e. The van der Waals surface area contributed by atoms with Crippen molar-refractivity contribution in [2.24, 2.45) is 5.73 Å². The van der Waals surface area contributed by atoms with E-state index in [-0.39, 0.29) is 31.5 Å². The minimum absolute atomic E-state index is 0.0243. The first-order valence-corrected chi connectivity index (χ1v) is 11.9. The molecule has 0 fully saturated rings. The van der Waals surface area contributed by atoms with E-state index in [1.165, 1.54) is 0 Å². The molecule has 1 aromatic heterocycles. The number of esters is 1. The minimum atomic E-state index is -0.392. The molecule has 0 aliphatic rings. The minimum Gasteiger partial charge on any atom is -0.497 e. The van der Waals surface area contributed by atoms with Gasteiger partial charge in [-0.05, 0) is 36.8 Å². The molecule has 0 saturated carbocycles. The quantitative estimate of drug-likeness (QED) is 0.272. The molecule has 1 unspecified atom stereocenters. The first-order valence-electron chi connectivity index (χ1n) is 11.9. The van der Waals surface area contributed by atoms with E-state index in [1.807, 2.05) is 18.2 Å². The Morgan fingerprint density at radius 2 is 1.89 bits per heavy atom. The second-order valence-electron chi connectivity index (χ2n) is 8.66. The summed E-state index contributed by atoms with van der Waals surface area (Å²) in [5.74, 6) is 0.307. The van der Waals surface area contributed by atoms with Gasteiger partial charge in [-0.15, -0.1) is 0 Å². The first-order chi connectivity index (χ1) is 17.9. The standard InChI is InChI=1S/C29H30FNO6/c1-18(16-33-2)37-27(32)13-20-7-8-23(34-3)14-26(20)36-17-19-11-21-9-10-35-29(21)25(12-19)24-6-4-5-22(15-31)28(24)30/h4-12,14,18H,13,15-17,31H2,1-3H3. The number of carbonyl (C=O) groups excluding carboxylic acids is 1. The van der Waals surface area contributed by atoms with Gasteiger partial charge in [-0.2, -0.15) is 0 Å². The van der Waals surface area contributed by atoms with Crippen molar-refractivity contribution in [2.45, 2.75) is 32.6 Å². The lowest BCUT2D eigenvalue weighted by Crippen LogP contribution is -2.21. The van der Waals surface area contributed by atoms with Crippen LogP contribution >= 0.6 is 0 Å². The number of ether oxygens (including phenoxy) is 4. The lowest BCUT2D eigenvalue weighted by molar-refractivity contribution is -0.149. The summed E-state index contributed by atoms with van der Waals surface area (Å²) in [6, 6.07) is 16.0. The van der Waals surface area contributed by atoms with Gasteiger partial charge in [0.1, 0.15) is 35.6 Å². The van der Waals surface area contributed by atoms with E-state index in [9.17, 15) is 4.79 Å². The van der Waals surface area contributed by atoms with Crippen molar-refractivity contribution in [3.63, 3.8) is 0 Å². The second kappa shape index (κ2) is 11.9. The largest absolute Gasteiger partial charge is 0.497 e. The summed E-state index contributed by atoms with van der Waals surface area (Å²) in [6.07, 6.45) is 1.23. The molecule has 194 valence electrons. The van der Waals surface area contributed by atoms with Crippen molar-refractivity contribution < 1.29 is 32.5 Å². The van der Waals surface area contributed by atoms with E-state index in [0.717, 1.165) is 10.9 Å². The number of methoxy groups -OCH3 is 2. The monoisotopic (exact) mass is 507 g/mol. The summed E-state index contributed by atoms with van der Waals surface area (Å²) in [7, 11) is 3.11. The number of carbonyl (C=O) groups is 1. The third kappa shape index (κ3) is 6.10. The van der Waals surface area contributed by atoms with E-state index in [0.29, 0.717) is 45.9 Å². The van der Waals surface area contributed by atoms with Crippen LogP contribution in [-0.4, -0.2) is 32.9 Å². The highest BCUT2D eigenvalue weighted by atomic mass is 19.1. The highest BCUT2D eigenvalue weighted by molar-refractivity contribution is 5.93. The van der Waals surface area contributed by atoms with Gasteiger partial charge in [0.25, 0.3) is 0 Å². The number of hydrogen-bond donors (Lipinski definition) is 1. The van der Waals surface area contributed by atoms with Gasteiger partial charge in [0.15, 0.2) is 0 Å². The van der Waals surface area contributed by atoms with E-state index in [2.05, 4.69) is 0 Å². The van der Waals surface area contributed by atoms with Crippen molar-refractivity contribution in [1.82, 2.24) is 0 Å². The first kappa shape index (κ1) is 26.2. The highest BCUT2D eigenvalue weighted by Gasteiger charge is 2.17. The molecule has 4 aromatic rings. The Morgan fingerprint density at radius 3 is 2.65 bits per heavy atom. The van der Waals surface area contributed by atoms with Gasteiger partial charge in [-0.25, -0.2) is 4.39 Å². The molecule has 7 nitrogen and oxygen atoms in total. The van der Waals surface area contributed by atoms with Gasteiger partial charge in [0.2, 0.25) is 0 Å². The van der Waals surface area contributed by atoms with Gasteiger partial charge in [0, 0.05) is 47.4 Å².